The van der Waals surface area contributed by atoms with Crippen LogP contribution in [-0.2, 0) is 11.2 Å². The van der Waals surface area contributed by atoms with Crippen LogP contribution < -0.4 is 0 Å². The Bertz CT molecular complexity index is 768. The molecule has 23 heavy (non-hydrogen) atoms. The van der Waals surface area contributed by atoms with Gasteiger partial charge in [0.25, 0.3) is 0 Å². The maximum absolute atomic E-state index is 12.4. The van der Waals surface area contributed by atoms with E-state index in [0.29, 0.717) is 12.3 Å². The number of nitrogens with zero attached hydrogens (tertiary/aromatic N) is 2. The third kappa shape index (κ3) is 3.01. The van der Waals surface area contributed by atoms with Gasteiger partial charge in [0, 0.05) is 35.8 Å². The molecule has 0 bridgehead atoms. The van der Waals surface area contributed by atoms with E-state index in [4.69, 9.17) is 0 Å². The number of rotatable bonds is 3. The lowest BCUT2D eigenvalue weighted by atomic mass is 9.93. The zero-order valence-electron chi connectivity index (χ0n) is 12.9. The molecule has 1 aliphatic rings. The molecule has 1 aliphatic heterocycles. The predicted molar refractivity (Wildman–Crippen MR) is 92.7 cm³/mol. The number of carbonyl (C=O) groups excluding carboxylic acids is 1. The van der Waals surface area contributed by atoms with Crippen molar-refractivity contribution < 1.29 is 4.79 Å². The number of fused-ring (bicyclic) bond motifs is 1. The molecule has 118 valence electrons. The Morgan fingerprint density at radius 2 is 2.17 bits per heavy atom. The molecule has 0 atom stereocenters. The third-order valence-electron chi connectivity index (χ3n) is 4.60. The largest absolute Gasteiger partial charge is 0.357 e. The number of aromatic amines is 1. The van der Waals surface area contributed by atoms with Crippen LogP contribution in [0.15, 0.2) is 41.9 Å². The minimum Gasteiger partial charge on any atom is -0.357 e. The van der Waals surface area contributed by atoms with Crippen LogP contribution in [0.1, 0.15) is 29.3 Å². The maximum atomic E-state index is 12.4. The lowest BCUT2D eigenvalue weighted by Crippen LogP contribution is -2.38. The van der Waals surface area contributed by atoms with Gasteiger partial charge in [-0.1, -0.05) is 6.07 Å². The van der Waals surface area contributed by atoms with E-state index >= 15 is 0 Å². The van der Waals surface area contributed by atoms with E-state index in [1.807, 2.05) is 34.7 Å². The van der Waals surface area contributed by atoms with Crippen LogP contribution in [-0.4, -0.2) is 33.9 Å². The number of hydrogen-bond donors (Lipinski definition) is 1. The molecule has 0 aromatic carbocycles. The van der Waals surface area contributed by atoms with Crippen molar-refractivity contribution in [2.45, 2.75) is 25.2 Å². The minimum atomic E-state index is 0.254. The molecule has 5 heteroatoms. The first kappa shape index (κ1) is 14.5. The average Bonchev–Trinajstić information content (AvgIpc) is 3.24. The van der Waals surface area contributed by atoms with Crippen molar-refractivity contribution >= 4 is 28.3 Å². The summed E-state index contributed by atoms with van der Waals surface area (Å²) < 4.78 is 0. The quantitative estimate of drug-likeness (QED) is 0.800. The topological polar surface area (TPSA) is 49.0 Å². The van der Waals surface area contributed by atoms with Gasteiger partial charge in [-0.3, -0.25) is 9.78 Å². The van der Waals surface area contributed by atoms with E-state index in [-0.39, 0.29) is 5.91 Å². The standard InChI is InChI=1S/C18H19N3OS/c22-18(11-14-3-2-10-23-14)21-8-5-13(6-9-21)16-12-17-15(20-16)4-1-7-19-17/h1-4,7,10,12-13,20H,5-6,8-9,11H2. The Morgan fingerprint density at radius 3 is 2.91 bits per heavy atom. The molecular weight excluding hydrogens is 306 g/mol. The summed E-state index contributed by atoms with van der Waals surface area (Å²) >= 11 is 1.66. The van der Waals surface area contributed by atoms with Gasteiger partial charge in [-0.2, -0.15) is 0 Å². The van der Waals surface area contributed by atoms with E-state index in [1.54, 1.807) is 11.3 Å². The zero-order valence-corrected chi connectivity index (χ0v) is 13.7. The third-order valence-corrected chi connectivity index (χ3v) is 5.48. The molecule has 4 nitrogen and oxygen atoms in total. The number of amides is 1. The summed E-state index contributed by atoms with van der Waals surface area (Å²) in [6.45, 7) is 1.69. The minimum absolute atomic E-state index is 0.254. The molecule has 1 fully saturated rings. The number of pyridine rings is 1. The summed E-state index contributed by atoms with van der Waals surface area (Å²) in [6, 6.07) is 10.2. The maximum Gasteiger partial charge on any atom is 0.227 e. The van der Waals surface area contributed by atoms with E-state index in [2.05, 4.69) is 22.1 Å². The molecule has 3 aromatic heterocycles. The summed E-state index contributed by atoms with van der Waals surface area (Å²) in [5.41, 5.74) is 3.38. The van der Waals surface area contributed by atoms with Crippen molar-refractivity contribution in [2.75, 3.05) is 13.1 Å². The van der Waals surface area contributed by atoms with Crippen LogP contribution in [0.5, 0.6) is 0 Å². The van der Waals surface area contributed by atoms with Crippen molar-refractivity contribution in [2.24, 2.45) is 0 Å². The molecule has 1 N–H and O–H groups in total. The second kappa shape index (κ2) is 6.16. The first-order valence-corrected chi connectivity index (χ1v) is 8.91. The smallest absolute Gasteiger partial charge is 0.227 e. The molecule has 0 aliphatic carbocycles. The highest BCUT2D eigenvalue weighted by atomic mass is 32.1. The highest BCUT2D eigenvalue weighted by Crippen LogP contribution is 2.29. The second-order valence-corrected chi connectivity index (χ2v) is 7.10. The summed E-state index contributed by atoms with van der Waals surface area (Å²) in [6.07, 6.45) is 4.40. The monoisotopic (exact) mass is 325 g/mol. The SMILES string of the molecule is O=C(Cc1cccs1)N1CCC(c2cc3ncccc3[nH]2)CC1. The molecular formula is C18H19N3OS. The Kier molecular flexibility index (Phi) is 3.87. The number of likely N-dealkylation sites (tertiary alicyclic amines) is 1. The predicted octanol–water partition coefficient (Wildman–Crippen LogP) is 3.57. The second-order valence-electron chi connectivity index (χ2n) is 6.07. The summed E-state index contributed by atoms with van der Waals surface area (Å²) in [5, 5.41) is 2.03. The highest BCUT2D eigenvalue weighted by molar-refractivity contribution is 7.10. The summed E-state index contributed by atoms with van der Waals surface area (Å²) in [4.78, 5) is 23.4. The van der Waals surface area contributed by atoms with Crippen LogP contribution in [0.3, 0.4) is 0 Å². The molecule has 4 heterocycles. The van der Waals surface area contributed by atoms with E-state index < -0.39 is 0 Å². The molecule has 0 radical (unpaired) electrons. The average molecular weight is 325 g/mol. The first-order chi connectivity index (χ1) is 11.3. The van der Waals surface area contributed by atoms with Crippen molar-refractivity contribution in [3.8, 4) is 0 Å². The van der Waals surface area contributed by atoms with E-state index in [9.17, 15) is 4.79 Å². The molecule has 3 aromatic rings. The fourth-order valence-electron chi connectivity index (χ4n) is 3.31. The van der Waals surface area contributed by atoms with Crippen molar-refractivity contribution in [3.05, 3.63) is 52.5 Å². The highest BCUT2D eigenvalue weighted by Gasteiger charge is 2.25. The van der Waals surface area contributed by atoms with Crippen molar-refractivity contribution in [3.63, 3.8) is 0 Å². The summed E-state index contributed by atoms with van der Waals surface area (Å²) in [5.74, 6) is 0.749. The number of aromatic nitrogens is 2. The fourth-order valence-corrected chi connectivity index (χ4v) is 4.01. The van der Waals surface area contributed by atoms with Gasteiger partial charge >= 0.3 is 0 Å². The number of piperidine rings is 1. The molecule has 4 rings (SSSR count). The number of carbonyl (C=O) groups is 1. The normalized spacial score (nSPS) is 16.1. The molecule has 1 amide bonds. The van der Waals surface area contributed by atoms with Gasteiger partial charge in [-0.15, -0.1) is 11.3 Å². The lowest BCUT2D eigenvalue weighted by Gasteiger charge is -2.31. The van der Waals surface area contributed by atoms with Crippen molar-refractivity contribution in [1.29, 1.82) is 0 Å². The van der Waals surface area contributed by atoms with Gasteiger partial charge in [-0.25, -0.2) is 0 Å². The van der Waals surface area contributed by atoms with Gasteiger partial charge < -0.3 is 9.88 Å². The van der Waals surface area contributed by atoms with Gasteiger partial charge in [0.2, 0.25) is 5.91 Å². The van der Waals surface area contributed by atoms with Crippen LogP contribution in [0, 0.1) is 0 Å². The molecule has 1 saturated heterocycles. The number of thiophene rings is 1. The van der Waals surface area contributed by atoms with Crippen molar-refractivity contribution in [1.82, 2.24) is 14.9 Å². The molecule has 0 spiro atoms. The Morgan fingerprint density at radius 1 is 1.30 bits per heavy atom. The van der Waals surface area contributed by atoms with Gasteiger partial charge in [-0.05, 0) is 42.5 Å². The molecule has 0 unspecified atom stereocenters. The van der Waals surface area contributed by atoms with Gasteiger partial charge in [0.1, 0.15) is 0 Å². The zero-order chi connectivity index (χ0) is 15.6. The number of H-pyrrole nitrogens is 1. The first-order valence-electron chi connectivity index (χ1n) is 8.03. The van der Waals surface area contributed by atoms with Crippen LogP contribution in [0.2, 0.25) is 0 Å². The van der Waals surface area contributed by atoms with Crippen LogP contribution in [0.4, 0.5) is 0 Å². The van der Waals surface area contributed by atoms with E-state index in [1.165, 1.54) is 5.69 Å². The lowest BCUT2D eigenvalue weighted by molar-refractivity contribution is -0.131. The number of hydrogen-bond acceptors (Lipinski definition) is 3. The van der Waals surface area contributed by atoms with E-state index in [0.717, 1.165) is 41.8 Å². The Hall–Kier alpha value is -2.14. The fraction of sp³-hybridized carbons (Fsp3) is 0.333. The van der Waals surface area contributed by atoms with Crippen LogP contribution >= 0.6 is 11.3 Å². The Labute approximate surface area is 139 Å². The summed E-state index contributed by atoms with van der Waals surface area (Å²) in [7, 11) is 0. The number of nitrogens with one attached hydrogen (secondary N) is 1. The van der Waals surface area contributed by atoms with Crippen LogP contribution in [0.25, 0.3) is 11.0 Å². The van der Waals surface area contributed by atoms with Gasteiger partial charge in [0.15, 0.2) is 0 Å². The Balaban J connectivity index is 1.39. The molecule has 0 saturated carbocycles. The van der Waals surface area contributed by atoms with Gasteiger partial charge in [0.05, 0.1) is 17.5 Å².